The lowest BCUT2D eigenvalue weighted by Crippen LogP contribution is -2.67. The van der Waals surface area contributed by atoms with Gasteiger partial charge in [0.05, 0.1) is 32.0 Å². The number of hydrogen-bond acceptors (Lipinski definition) is 15. The third-order valence-corrected chi connectivity index (χ3v) is 16.0. The van der Waals surface area contributed by atoms with E-state index in [1.165, 1.54) is 154 Å². The molecule has 11 N–H and O–H groups in total. The van der Waals surface area contributed by atoms with Crippen LogP contribution in [0.3, 0.4) is 0 Å². The van der Waals surface area contributed by atoms with Gasteiger partial charge in [-0.05, 0) is 18.8 Å². The third-order valence-electron chi connectivity index (χ3n) is 16.0. The zero-order valence-corrected chi connectivity index (χ0v) is 48.0. The molecule has 76 heavy (non-hydrogen) atoms. The first-order valence-electron chi connectivity index (χ1n) is 30.8. The lowest BCUT2D eigenvalue weighted by atomic mass is 9.95. The first kappa shape index (κ1) is 70.5. The third kappa shape index (κ3) is 29.8. The lowest BCUT2D eigenvalue weighted by molar-refractivity contribution is -0.347. The van der Waals surface area contributed by atoms with Crippen LogP contribution in [0.4, 0.5) is 0 Å². The minimum Gasteiger partial charge on any atom is -0.394 e. The van der Waals surface area contributed by atoms with E-state index in [-0.39, 0.29) is 12.8 Å². The number of rotatable bonds is 48. The summed E-state index contributed by atoms with van der Waals surface area (Å²) in [5, 5.41) is 102. The molecule has 2 aliphatic heterocycles. The Labute approximate surface area is 459 Å². The summed E-state index contributed by atoms with van der Waals surface area (Å²) < 4.78 is 23.2. The predicted octanol–water partition coefficient (Wildman–Crippen LogP) is 7.67. The van der Waals surface area contributed by atoms with E-state index < -0.39 is 117 Å². The first-order chi connectivity index (χ1) is 36.7. The van der Waals surface area contributed by atoms with E-state index in [4.69, 9.17) is 18.9 Å². The normalized spacial score (nSPS) is 26.0. The lowest BCUT2D eigenvalue weighted by Gasteiger charge is -2.47. The SMILES string of the molecule is CCCCCCCCCCCCCCCCCCCCCCCC(O)C(=O)NC(COC1OC(CO)C(OC2OC(CO)C(O)C(O)C2NC(C)=O)C(O)C1O)C(O)C(O)CCCCCCCCCCCCC(C)CC. The van der Waals surface area contributed by atoms with Gasteiger partial charge in [-0.1, -0.05) is 233 Å². The fraction of sp³-hybridized carbons (Fsp3) is 0.966. The van der Waals surface area contributed by atoms with Gasteiger partial charge in [0.15, 0.2) is 12.6 Å². The van der Waals surface area contributed by atoms with Crippen LogP contribution in [0.15, 0.2) is 0 Å². The molecule has 15 atom stereocenters. The summed E-state index contributed by atoms with van der Waals surface area (Å²) in [7, 11) is 0. The molecule has 0 saturated carbocycles. The highest BCUT2D eigenvalue weighted by atomic mass is 16.7. The Bertz CT molecular complexity index is 1400. The van der Waals surface area contributed by atoms with Gasteiger partial charge in [0.25, 0.3) is 0 Å². The molecule has 2 amide bonds. The Morgan fingerprint density at radius 2 is 0.947 bits per heavy atom. The molecule has 2 aliphatic rings. The van der Waals surface area contributed by atoms with E-state index in [2.05, 4.69) is 31.4 Å². The van der Waals surface area contributed by atoms with E-state index in [9.17, 15) is 55.5 Å². The van der Waals surface area contributed by atoms with Crippen molar-refractivity contribution in [2.24, 2.45) is 5.92 Å². The van der Waals surface area contributed by atoms with Crippen LogP contribution in [-0.4, -0.2) is 163 Å². The van der Waals surface area contributed by atoms with Gasteiger partial charge in [0.2, 0.25) is 11.8 Å². The number of carbonyl (C=O) groups is 2. The molecule has 0 radical (unpaired) electrons. The fourth-order valence-corrected chi connectivity index (χ4v) is 10.6. The second-order valence-corrected chi connectivity index (χ2v) is 22.7. The monoisotopic (exact) mass is 1090 g/mol. The van der Waals surface area contributed by atoms with Gasteiger partial charge in [-0.15, -0.1) is 0 Å². The molecule has 0 aromatic rings. The minimum atomic E-state index is -1.86. The van der Waals surface area contributed by atoms with Crippen molar-refractivity contribution in [3.63, 3.8) is 0 Å². The second-order valence-electron chi connectivity index (χ2n) is 22.7. The number of aliphatic hydroxyl groups excluding tert-OH is 9. The largest absolute Gasteiger partial charge is 0.394 e. The first-order valence-corrected chi connectivity index (χ1v) is 30.8. The van der Waals surface area contributed by atoms with Crippen LogP contribution in [0.5, 0.6) is 0 Å². The highest BCUT2D eigenvalue weighted by molar-refractivity contribution is 5.80. The van der Waals surface area contributed by atoms with Crippen LogP contribution < -0.4 is 10.6 Å². The van der Waals surface area contributed by atoms with E-state index in [1.807, 2.05) is 0 Å². The van der Waals surface area contributed by atoms with Gasteiger partial charge >= 0.3 is 0 Å². The van der Waals surface area contributed by atoms with Gasteiger partial charge in [-0.2, -0.15) is 0 Å². The van der Waals surface area contributed by atoms with Gasteiger partial charge in [0, 0.05) is 6.92 Å². The quantitative estimate of drug-likeness (QED) is 0.0261. The van der Waals surface area contributed by atoms with Crippen LogP contribution in [0.2, 0.25) is 0 Å². The zero-order valence-electron chi connectivity index (χ0n) is 48.0. The molecular formula is C59H114N2O15. The van der Waals surface area contributed by atoms with Crippen LogP contribution in [0, 0.1) is 5.92 Å². The summed E-state index contributed by atoms with van der Waals surface area (Å²) in [6.07, 6.45) is 21.6. The predicted molar refractivity (Wildman–Crippen MR) is 296 cm³/mol. The highest BCUT2D eigenvalue weighted by Crippen LogP contribution is 2.30. The van der Waals surface area contributed by atoms with E-state index in [0.29, 0.717) is 12.8 Å². The number of amides is 2. The van der Waals surface area contributed by atoms with Crippen molar-refractivity contribution in [3.8, 4) is 0 Å². The molecule has 0 spiro atoms. The molecular weight excluding hydrogens is 977 g/mol. The van der Waals surface area contributed by atoms with Crippen molar-refractivity contribution in [1.82, 2.24) is 10.6 Å². The Morgan fingerprint density at radius 1 is 0.526 bits per heavy atom. The van der Waals surface area contributed by atoms with E-state index in [0.717, 1.165) is 57.8 Å². The minimum absolute atomic E-state index is 0.202. The number of hydrogen-bond donors (Lipinski definition) is 11. The number of nitrogens with one attached hydrogen (secondary N) is 2. The fourth-order valence-electron chi connectivity index (χ4n) is 10.6. The molecule has 15 unspecified atom stereocenters. The number of unbranched alkanes of at least 4 members (excludes halogenated alkanes) is 29. The number of carbonyl (C=O) groups excluding carboxylic acids is 2. The molecule has 2 saturated heterocycles. The van der Waals surface area contributed by atoms with Crippen molar-refractivity contribution in [1.29, 1.82) is 0 Å². The van der Waals surface area contributed by atoms with Crippen LogP contribution >= 0.6 is 0 Å². The molecule has 0 aromatic carbocycles. The Morgan fingerprint density at radius 3 is 1.38 bits per heavy atom. The maximum atomic E-state index is 13.4. The molecule has 0 aromatic heterocycles. The van der Waals surface area contributed by atoms with Crippen LogP contribution in [0.1, 0.15) is 252 Å². The molecule has 17 nitrogen and oxygen atoms in total. The summed E-state index contributed by atoms with van der Waals surface area (Å²) in [6.45, 7) is 5.93. The zero-order chi connectivity index (χ0) is 55.9. The van der Waals surface area contributed by atoms with Gasteiger partial charge < -0.3 is 75.5 Å². The maximum absolute atomic E-state index is 13.4. The van der Waals surface area contributed by atoms with Crippen LogP contribution in [0.25, 0.3) is 0 Å². The molecule has 2 rings (SSSR count). The number of aliphatic hydroxyl groups is 9. The van der Waals surface area contributed by atoms with Gasteiger partial charge in [0.1, 0.15) is 61.0 Å². The molecule has 0 bridgehead atoms. The summed E-state index contributed by atoms with van der Waals surface area (Å²) in [6, 6.07) is -2.67. The summed E-state index contributed by atoms with van der Waals surface area (Å²) in [4.78, 5) is 25.4. The summed E-state index contributed by atoms with van der Waals surface area (Å²) >= 11 is 0. The van der Waals surface area contributed by atoms with Crippen molar-refractivity contribution in [2.45, 2.75) is 338 Å². The Balaban J connectivity index is 1.87. The Kier molecular flexibility index (Phi) is 40.9. The van der Waals surface area contributed by atoms with Crippen molar-refractivity contribution in [3.05, 3.63) is 0 Å². The molecule has 2 fully saturated rings. The molecule has 0 aliphatic carbocycles. The van der Waals surface area contributed by atoms with Crippen LogP contribution in [-0.2, 0) is 28.5 Å². The van der Waals surface area contributed by atoms with Crippen molar-refractivity contribution < 1.29 is 74.5 Å². The van der Waals surface area contributed by atoms with Gasteiger partial charge in [-0.25, -0.2) is 0 Å². The topological polar surface area (TPSA) is 277 Å². The van der Waals surface area contributed by atoms with E-state index in [1.54, 1.807) is 0 Å². The van der Waals surface area contributed by atoms with Gasteiger partial charge in [-0.3, -0.25) is 9.59 Å². The average Bonchev–Trinajstić information content (AvgIpc) is 3.41. The molecule has 17 heteroatoms. The standard InChI is InChI=1S/C59H114N2O15/c1-5-7-8-9-10-11-12-13-14-15-16-17-18-19-20-21-22-27-30-33-36-39-47(66)57(72)61-45(51(67)46(65)38-35-32-29-26-24-23-25-28-31-34-37-43(3)6-2)42-73-59-55(71)54(70)56(49(41-63)75-59)76-58-50(60-44(4)64)53(69)52(68)48(40-62)74-58/h43,45-56,58-59,62-63,65-71H,5-42H2,1-4H3,(H,60,64)(H,61,72). The Hall–Kier alpha value is -1.58. The van der Waals surface area contributed by atoms with Crippen molar-refractivity contribution >= 4 is 11.8 Å². The summed E-state index contributed by atoms with van der Waals surface area (Å²) in [5.74, 6) is -0.574. The second kappa shape index (κ2) is 44.1. The van der Waals surface area contributed by atoms with Crippen molar-refractivity contribution in [2.75, 3.05) is 19.8 Å². The smallest absolute Gasteiger partial charge is 0.249 e. The number of ether oxygens (including phenoxy) is 4. The highest BCUT2D eigenvalue weighted by Gasteiger charge is 2.51. The average molecular weight is 1090 g/mol. The van der Waals surface area contributed by atoms with E-state index >= 15 is 0 Å². The molecule has 2 heterocycles. The molecule has 450 valence electrons. The summed E-state index contributed by atoms with van der Waals surface area (Å²) in [5.41, 5.74) is 0. The maximum Gasteiger partial charge on any atom is 0.249 e.